The highest BCUT2D eigenvalue weighted by Gasteiger charge is 2.09. The van der Waals surface area contributed by atoms with Gasteiger partial charge in [-0.05, 0) is 18.3 Å². The molecule has 0 saturated carbocycles. The van der Waals surface area contributed by atoms with Crippen LogP contribution in [0.15, 0.2) is 42.6 Å². The Balaban J connectivity index is 2.53. The second-order valence-corrected chi connectivity index (χ2v) is 6.29. The molecular weight excluding hydrogens is 212 g/mol. The van der Waals surface area contributed by atoms with E-state index in [0.29, 0.717) is 0 Å². The molecule has 0 amide bonds. The molecule has 0 fully saturated rings. The highest BCUT2D eigenvalue weighted by atomic mass is 28.3. The van der Waals surface area contributed by atoms with Crippen LogP contribution in [0.2, 0.25) is 0 Å². The van der Waals surface area contributed by atoms with Crippen LogP contribution in [0.1, 0.15) is 13.8 Å². The van der Waals surface area contributed by atoms with Gasteiger partial charge >= 0.3 is 0 Å². The second kappa shape index (κ2) is 7.38. The molecule has 1 unspecified atom stereocenters. The van der Waals surface area contributed by atoms with Crippen LogP contribution in [0.3, 0.4) is 0 Å². The first-order chi connectivity index (χ1) is 7.81. The van der Waals surface area contributed by atoms with Gasteiger partial charge in [-0.15, -0.1) is 6.58 Å². The predicted octanol–water partition coefficient (Wildman–Crippen LogP) is 1.23. The molecular formula is C13H22N2Si. The number of hydrogen-bond acceptors (Lipinski definition) is 2. The van der Waals surface area contributed by atoms with Gasteiger partial charge in [0.1, 0.15) is 0 Å². The molecule has 0 radical (unpaired) electrons. The van der Waals surface area contributed by atoms with Gasteiger partial charge in [0.25, 0.3) is 0 Å². The molecule has 0 aliphatic rings. The number of nitrogens with one attached hydrogen (secondary N) is 1. The van der Waals surface area contributed by atoms with Crippen molar-refractivity contribution in [3.63, 3.8) is 0 Å². The van der Waals surface area contributed by atoms with E-state index in [-0.39, 0.29) is 0 Å². The third-order valence-corrected chi connectivity index (χ3v) is 5.02. The molecule has 0 saturated heterocycles. The Morgan fingerprint density at radius 1 is 1.25 bits per heavy atom. The molecule has 0 aromatic heterocycles. The minimum atomic E-state index is -1.18. The summed E-state index contributed by atoms with van der Waals surface area (Å²) in [7, 11) is -1.18. The summed E-state index contributed by atoms with van der Waals surface area (Å²) in [6.45, 7) is 11.5. The molecule has 0 spiro atoms. The van der Waals surface area contributed by atoms with E-state index >= 15 is 0 Å². The molecule has 1 aromatic rings. The normalized spacial score (nSPS) is 12.7. The highest BCUT2D eigenvalue weighted by Crippen LogP contribution is 1.89. The molecule has 2 nitrogen and oxygen atoms in total. The fourth-order valence-corrected chi connectivity index (χ4v) is 3.44. The van der Waals surface area contributed by atoms with Crippen molar-refractivity contribution in [1.82, 2.24) is 9.88 Å². The van der Waals surface area contributed by atoms with E-state index in [0.717, 1.165) is 19.8 Å². The van der Waals surface area contributed by atoms with Crippen LogP contribution in [0, 0.1) is 0 Å². The van der Waals surface area contributed by atoms with Crippen LogP contribution in [0.4, 0.5) is 0 Å². The zero-order valence-electron chi connectivity index (χ0n) is 10.3. The van der Waals surface area contributed by atoms with Crippen LogP contribution in [0.5, 0.6) is 0 Å². The first-order valence-electron chi connectivity index (χ1n) is 5.95. The molecule has 88 valence electrons. The Bertz CT molecular complexity index is 296. The minimum absolute atomic E-state index is 0.963. The predicted molar refractivity (Wildman–Crippen MR) is 74.3 cm³/mol. The summed E-state index contributed by atoms with van der Waals surface area (Å²) in [5, 5.41) is 1.41. The molecule has 16 heavy (non-hydrogen) atoms. The van der Waals surface area contributed by atoms with Gasteiger partial charge in [-0.1, -0.05) is 49.9 Å². The largest absolute Gasteiger partial charge is 0.321 e. The fraction of sp³-hybridized carbons (Fsp3) is 0.385. The first kappa shape index (κ1) is 13.2. The lowest BCUT2D eigenvalue weighted by Gasteiger charge is -2.22. The Morgan fingerprint density at radius 3 is 2.38 bits per heavy atom. The number of hydrogen-bond donors (Lipinski definition) is 1. The highest BCUT2D eigenvalue weighted by molar-refractivity contribution is 6.75. The van der Waals surface area contributed by atoms with Crippen molar-refractivity contribution >= 4 is 14.1 Å². The van der Waals surface area contributed by atoms with Crippen LogP contribution >= 0.6 is 0 Å². The summed E-state index contributed by atoms with van der Waals surface area (Å²) in [5.74, 6) is 0. The number of rotatable bonds is 7. The zero-order chi connectivity index (χ0) is 11.8. The number of nitrogens with zero attached hydrogens (tertiary/aromatic N) is 1. The maximum atomic E-state index is 3.95. The van der Waals surface area contributed by atoms with Gasteiger partial charge in [0, 0.05) is 6.67 Å². The fourth-order valence-electron chi connectivity index (χ4n) is 1.67. The molecule has 1 rings (SSSR count). The molecule has 1 N–H and O–H groups in total. The van der Waals surface area contributed by atoms with Crippen molar-refractivity contribution in [1.29, 1.82) is 0 Å². The second-order valence-electron chi connectivity index (χ2n) is 3.79. The van der Waals surface area contributed by atoms with Crippen LogP contribution < -0.4 is 10.2 Å². The summed E-state index contributed by atoms with van der Waals surface area (Å²) in [6.07, 6.45) is 0. The Kier molecular flexibility index (Phi) is 6.07. The van der Waals surface area contributed by atoms with E-state index in [1.54, 1.807) is 0 Å². The van der Waals surface area contributed by atoms with Gasteiger partial charge in [-0.2, -0.15) is 0 Å². The van der Waals surface area contributed by atoms with E-state index in [4.69, 9.17) is 0 Å². The summed E-state index contributed by atoms with van der Waals surface area (Å²) in [6, 6.07) is 10.6. The van der Waals surface area contributed by atoms with Crippen molar-refractivity contribution < 1.29 is 0 Å². The molecule has 3 heteroatoms. The third-order valence-electron chi connectivity index (χ3n) is 2.82. The Morgan fingerprint density at radius 2 is 1.88 bits per heavy atom. The topological polar surface area (TPSA) is 15.3 Å². The summed E-state index contributed by atoms with van der Waals surface area (Å²) < 4.78 is 0. The lowest BCUT2D eigenvalue weighted by molar-refractivity contribution is 0.300. The van der Waals surface area contributed by atoms with Crippen LogP contribution in [-0.4, -0.2) is 33.6 Å². The smallest absolute Gasteiger partial charge is 0.166 e. The van der Waals surface area contributed by atoms with Crippen molar-refractivity contribution in [2.24, 2.45) is 0 Å². The van der Waals surface area contributed by atoms with Crippen molar-refractivity contribution in [2.75, 3.05) is 19.8 Å². The van der Waals surface area contributed by atoms with Crippen LogP contribution in [-0.2, 0) is 0 Å². The Labute approximate surface area is 101 Å². The van der Waals surface area contributed by atoms with E-state index in [2.05, 4.69) is 66.3 Å². The van der Waals surface area contributed by atoms with Gasteiger partial charge in [0.05, 0.1) is 0 Å². The molecule has 0 aliphatic carbocycles. The maximum absolute atomic E-state index is 3.95. The van der Waals surface area contributed by atoms with Gasteiger partial charge in [0.15, 0.2) is 8.96 Å². The molecule has 1 aromatic carbocycles. The average Bonchev–Trinajstić information content (AvgIpc) is 2.36. The van der Waals surface area contributed by atoms with Crippen molar-refractivity contribution in [2.45, 2.75) is 13.8 Å². The van der Waals surface area contributed by atoms with E-state index in [9.17, 15) is 0 Å². The molecule has 0 bridgehead atoms. The van der Waals surface area contributed by atoms with Crippen molar-refractivity contribution in [3.05, 3.63) is 42.6 Å². The van der Waals surface area contributed by atoms with Crippen LogP contribution in [0.25, 0.3) is 0 Å². The zero-order valence-corrected chi connectivity index (χ0v) is 11.5. The lowest BCUT2D eigenvalue weighted by Crippen LogP contribution is -2.48. The van der Waals surface area contributed by atoms with E-state index in [1.807, 2.05) is 0 Å². The third kappa shape index (κ3) is 3.93. The van der Waals surface area contributed by atoms with Gasteiger partial charge in [-0.25, -0.2) is 0 Å². The molecule has 0 heterocycles. The monoisotopic (exact) mass is 234 g/mol. The quantitative estimate of drug-likeness (QED) is 0.564. The van der Waals surface area contributed by atoms with Gasteiger partial charge in [-0.3, -0.25) is 4.90 Å². The van der Waals surface area contributed by atoms with E-state index in [1.165, 1.54) is 5.19 Å². The standard InChI is InChI=1S/C13H22N2Si/c1-4-15(5-2)12-14-16(6-3)13-10-8-7-9-11-13/h6-11,14,16H,3-5,12H2,1-2H3. The molecule has 0 aliphatic heterocycles. The average molecular weight is 234 g/mol. The molecule has 1 atom stereocenters. The van der Waals surface area contributed by atoms with E-state index < -0.39 is 8.96 Å². The summed E-state index contributed by atoms with van der Waals surface area (Å²) in [5.41, 5.74) is 2.10. The van der Waals surface area contributed by atoms with Crippen molar-refractivity contribution in [3.8, 4) is 0 Å². The number of benzene rings is 1. The lowest BCUT2D eigenvalue weighted by atomic mass is 10.4. The Hall–Kier alpha value is -0.903. The summed E-state index contributed by atoms with van der Waals surface area (Å²) in [4.78, 5) is 6.02. The van der Waals surface area contributed by atoms with Gasteiger partial charge < -0.3 is 4.98 Å². The van der Waals surface area contributed by atoms with Gasteiger partial charge in [0.2, 0.25) is 0 Å². The minimum Gasteiger partial charge on any atom is -0.321 e. The first-order valence-corrected chi connectivity index (χ1v) is 7.77. The maximum Gasteiger partial charge on any atom is 0.166 e. The SMILES string of the molecule is C=C[SiH](NCN(CC)CC)c1ccccc1. The summed E-state index contributed by atoms with van der Waals surface area (Å²) >= 11 is 0.